The Morgan fingerprint density at radius 1 is 1.00 bits per heavy atom. The van der Waals surface area contributed by atoms with E-state index in [4.69, 9.17) is 10.8 Å². The van der Waals surface area contributed by atoms with Crippen LogP contribution in [0.1, 0.15) is 22.5 Å². The van der Waals surface area contributed by atoms with Gasteiger partial charge in [0.1, 0.15) is 12.1 Å². The van der Waals surface area contributed by atoms with Crippen LogP contribution in [-0.2, 0) is 11.3 Å². The zero-order chi connectivity index (χ0) is 26.6. The summed E-state index contributed by atoms with van der Waals surface area (Å²) in [5.74, 6) is -0.253. The molecular weight excluding hydrogens is 498 g/mol. The molecule has 2 radical (unpaired) electrons. The third-order valence-electron chi connectivity index (χ3n) is 6.59. The van der Waals surface area contributed by atoms with Crippen LogP contribution in [0.15, 0.2) is 64.8 Å². The van der Waals surface area contributed by atoms with Gasteiger partial charge in [-0.05, 0) is 48.6 Å². The van der Waals surface area contributed by atoms with Crippen LogP contribution in [-0.4, -0.2) is 45.3 Å². The smallest absolute Gasteiger partial charge is 0.263 e. The fourth-order valence-corrected chi connectivity index (χ4v) is 5.63. The molecule has 0 spiro atoms. The predicted octanol–water partition coefficient (Wildman–Crippen LogP) is 2.67. The first-order valence-electron chi connectivity index (χ1n) is 11.8. The average molecular weight is 520 g/mol. The van der Waals surface area contributed by atoms with E-state index in [-0.39, 0.29) is 33.0 Å². The zero-order valence-corrected chi connectivity index (χ0v) is 21.5. The Labute approximate surface area is 218 Å². The first-order chi connectivity index (χ1) is 18.3. The fraction of sp³-hybridized carbons (Fsp3) is 0.111. The van der Waals surface area contributed by atoms with Crippen LogP contribution in [0.3, 0.4) is 0 Å². The first kappa shape index (κ1) is 23.5. The molecule has 4 heterocycles. The Balaban J connectivity index is 1.59. The Bertz CT molecular complexity index is 1900. The molecule has 6 rings (SSSR count). The van der Waals surface area contributed by atoms with Gasteiger partial charge in [0.2, 0.25) is 21.0 Å². The third-order valence-corrected chi connectivity index (χ3v) is 7.58. The lowest BCUT2D eigenvalue weighted by Crippen LogP contribution is -2.25. The van der Waals surface area contributed by atoms with Crippen molar-refractivity contribution >= 4 is 54.7 Å². The predicted molar refractivity (Wildman–Crippen MR) is 145 cm³/mol. The molecule has 2 aromatic carbocycles. The highest BCUT2D eigenvalue weighted by Crippen LogP contribution is 2.26. The molecule has 11 heteroatoms. The minimum atomic E-state index is -0.454. The number of anilines is 1. The molecule has 3 N–H and O–H groups in total. The number of carbonyl (C=O) groups is 2. The van der Waals surface area contributed by atoms with E-state index in [0.717, 1.165) is 22.2 Å². The number of imide groups is 1. The highest BCUT2D eigenvalue weighted by molar-refractivity contribution is 6.88. The molecule has 0 bridgehead atoms. The number of fused-ring (bicyclic) bond motifs is 2. The molecule has 1 saturated heterocycles. The summed E-state index contributed by atoms with van der Waals surface area (Å²) >= 11 is 0. The normalized spacial score (nSPS) is 14.6. The zero-order valence-electron chi connectivity index (χ0n) is 20.5. The van der Waals surface area contributed by atoms with Crippen LogP contribution >= 0.6 is 0 Å². The number of nitrogens with two attached hydrogens (primary N) is 1. The number of pyridine rings is 1. The van der Waals surface area contributed by atoms with Gasteiger partial charge in [0.15, 0.2) is 5.65 Å². The van der Waals surface area contributed by atoms with E-state index in [1.807, 2.05) is 62.4 Å². The lowest BCUT2D eigenvalue weighted by Gasteiger charge is -2.17. The molecule has 2 amide bonds. The average Bonchev–Trinajstić information content (AvgIpc) is 3.39. The van der Waals surface area contributed by atoms with E-state index in [0.29, 0.717) is 33.0 Å². The summed E-state index contributed by atoms with van der Waals surface area (Å²) in [6.45, 7) is 4.08. The Morgan fingerprint density at radius 2 is 1.79 bits per heavy atom. The maximum atomic E-state index is 13.9. The van der Waals surface area contributed by atoms with Gasteiger partial charge in [-0.3, -0.25) is 24.3 Å². The van der Waals surface area contributed by atoms with E-state index < -0.39 is 5.91 Å². The molecular formula is C27H21N7O3Si. The van der Waals surface area contributed by atoms with Gasteiger partial charge in [-0.15, -0.1) is 0 Å². The lowest BCUT2D eigenvalue weighted by molar-refractivity contribution is -0.115. The third kappa shape index (κ3) is 3.80. The molecule has 1 fully saturated rings. The minimum Gasteiger partial charge on any atom is -0.383 e. The second kappa shape index (κ2) is 8.89. The van der Waals surface area contributed by atoms with Gasteiger partial charge in [-0.1, -0.05) is 36.4 Å². The number of para-hydroxylation sites is 1. The second-order valence-electron chi connectivity index (χ2n) is 9.07. The number of rotatable bonds is 4. The van der Waals surface area contributed by atoms with E-state index in [9.17, 15) is 14.4 Å². The lowest BCUT2D eigenvalue weighted by atomic mass is 10.1. The van der Waals surface area contributed by atoms with Crippen LogP contribution in [0.4, 0.5) is 10.6 Å². The fourth-order valence-electron chi connectivity index (χ4n) is 4.83. The summed E-state index contributed by atoms with van der Waals surface area (Å²) in [7, 11) is -0.321. The minimum absolute atomic E-state index is 0.125. The molecule has 0 atom stereocenters. The van der Waals surface area contributed by atoms with Gasteiger partial charge in [0, 0.05) is 10.9 Å². The number of aromatic nitrogens is 5. The number of hydrogen-bond acceptors (Lipinski definition) is 7. The molecule has 3 aromatic heterocycles. The summed E-state index contributed by atoms with van der Waals surface area (Å²) < 4.78 is 3.36. The van der Waals surface area contributed by atoms with Gasteiger partial charge in [0.05, 0.1) is 28.7 Å². The standard InChI is InChI=1S/C27H21N7O3Si/c1-14-6-3-4-9-19(14)34-17(10-16-8-5-7-15(2)21(16)26(34)36)12-33-24-22(23(28)29-13-30-24)18(32-33)11-20-25(35)31-27(37)38-20/h3-11,13H,12H2,1-2H3,(H2,28,29,30)(H,31,35,37). The van der Waals surface area contributed by atoms with Crippen LogP contribution in [0.2, 0.25) is 0 Å². The number of aryl methyl sites for hydroxylation is 2. The molecule has 38 heavy (non-hydrogen) atoms. The van der Waals surface area contributed by atoms with Crippen molar-refractivity contribution in [3.63, 3.8) is 0 Å². The number of hydrogen-bond donors (Lipinski definition) is 2. The van der Waals surface area contributed by atoms with Gasteiger partial charge >= 0.3 is 0 Å². The van der Waals surface area contributed by atoms with E-state index in [1.54, 1.807) is 15.3 Å². The number of carbonyl (C=O) groups excluding carboxylic acids is 2. The van der Waals surface area contributed by atoms with Crippen LogP contribution in [0.5, 0.6) is 0 Å². The van der Waals surface area contributed by atoms with Gasteiger partial charge < -0.3 is 5.73 Å². The van der Waals surface area contributed by atoms with Crippen molar-refractivity contribution in [3.8, 4) is 5.69 Å². The van der Waals surface area contributed by atoms with Crippen LogP contribution in [0, 0.1) is 13.8 Å². The topological polar surface area (TPSA) is 138 Å². The molecule has 1 aliphatic rings. The quantitative estimate of drug-likeness (QED) is 0.275. The highest BCUT2D eigenvalue weighted by atomic mass is 28.2. The summed E-state index contributed by atoms with van der Waals surface area (Å²) in [6.07, 6.45) is 2.90. The molecule has 10 nitrogen and oxygen atoms in total. The van der Waals surface area contributed by atoms with Crippen molar-refractivity contribution in [1.29, 1.82) is 0 Å². The Morgan fingerprint density at radius 3 is 2.55 bits per heavy atom. The number of nitrogens with one attached hydrogen (secondary N) is 1. The summed E-state index contributed by atoms with van der Waals surface area (Å²) in [4.78, 5) is 46.4. The maximum Gasteiger partial charge on any atom is 0.263 e. The number of nitrogens with zero attached hydrogens (tertiary/aromatic N) is 5. The monoisotopic (exact) mass is 519 g/mol. The number of nitrogen functional groups attached to an aromatic ring is 1. The van der Waals surface area contributed by atoms with Gasteiger partial charge in [-0.2, -0.15) is 5.10 Å². The molecule has 1 aliphatic heterocycles. The van der Waals surface area contributed by atoms with Crippen LogP contribution in [0.25, 0.3) is 33.6 Å². The van der Waals surface area contributed by atoms with E-state index in [2.05, 4.69) is 15.3 Å². The summed E-state index contributed by atoms with van der Waals surface area (Å²) in [5.41, 5.74) is 9.87. The van der Waals surface area contributed by atoms with E-state index >= 15 is 0 Å². The first-order valence-corrected chi connectivity index (χ1v) is 12.8. The van der Waals surface area contributed by atoms with Crippen molar-refractivity contribution in [2.24, 2.45) is 0 Å². The summed E-state index contributed by atoms with van der Waals surface area (Å²) in [6, 6.07) is 15.5. The summed E-state index contributed by atoms with van der Waals surface area (Å²) in [5, 5.41) is 9.25. The van der Waals surface area contributed by atoms with Crippen molar-refractivity contribution in [3.05, 3.63) is 92.9 Å². The van der Waals surface area contributed by atoms with Crippen molar-refractivity contribution < 1.29 is 9.59 Å². The SMILES string of the molecule is Cc1ccccc1-n1c(Cn2nc(C=C3[Si]C(=O)NC3=O)c3c(N)ncnc32)cc2cccc(C)c2c1=O. The van der Waals surface area contributed by atoms with E-state index in [1.165, 1.54) is 6.33 Å². The molecule has 0 aliphatic carbocycles. The van der Waals surface area contributed by atoms with Crippen molar-refractivity contribution in [2.45, 2.75) is 20.4 Å². The maximum absolute atomic E-state index is 13.9. The van der Waals surface area contributed by atoms with Gasteiger partial charge in [-0.25, -0.2) is 14.6 Å². The Hall–Kier alpha value is -4.90. The Kier molecular flexibility index (Phi) is 5.49. The number of amides is 2. The second-order valence-corrected chi connectivity index (χ2v) is 10.3. The largest absolute Gasteiger partial charge is 0.383 e. The molecule has 186 valence electrons. The molecule has 0 saturated carbocycles. The molecule has 0 unspecified atom stereocenters. The molecule has 5 aromatic rings. The van der Waals surface area contributed by atoms with Crippen molar-refractivity contribution in [1.82, 2.24) is 29.6 Å². The number of benzene rings is 2. The van der Waals surface area contributed by atoms with Crippen molar-refractivity contribution in [2.75, 3.05) is 5.73 Å². The van der Waals surface area contributed by atoms with Crippen LogP contribution < -0.4 is 16.6 Å². The highest BCUT2D eigenvalue weighted by Gasteiger charge is 2.27. The van der Waals surface area contributed by atoms with Gasteiger partial charge in [0.25, 0.3) is 5.56 Å².